The van der Waals surface area contributed by atoms with Crippen molar-refractivity contribution < 1.29 is 0 Å². The lowest BCUT2D eigenvalue weighted by Crippen LogP contribution is -2.07. The number of aromatic amines is 1. The van der Waals surface area contributed by atoms with Crippen LogP contribution in [0.5, 0.6) is 0 Å². The van der Waals surface area contributed by atoms with Crippen LogP contribution in [0.2, 0.25) is 5.02 Å². The van der Waals surface area contributed by atoms with E-state index in [1.54, 1.807) is 0 Å². The van der Waals surface area contributed by atoms with Crippen molar-refractivity contribution in [3.8, 4) is 0 Å². The highest BCUT2D eigenvalue weighted by atomic mass is 35.5. The Morgan fingerprint density at radius 2 is 2.22 bits per heavy atom. The standard InChI is InChI=1S/C13H17ClN2S2/c1-8(6-7-18-3)16-12-9(2)10(14)4-5-11(12)15-13(16)17/h4-5,8H,6-7H2,1-3H3,(H,15,17). The van der Waals surface area contributed by atoms with E-state index >= 15 is 0 Å². The van der Waals surface area contributed by atoms with E-state index in [1.165, 1.54) is 0 Å². The first-order valence-corrected chi connectivity index (χ1v) is 8.12. The maximum atomic E-state index is 6.21. The van der Waals surface area contributed by atoms with Gasteiger partial charge in [0.15, 0.2) is 4.77 Å². The molecule has 0 spiro atoms. The molecule has 2 rings (SSSR count). The molecule has 0 aliphatic rings. The van der Waals surface area contributed by atoms with Crippen LogP contribution >= 0.6 is 35.6 Å². The highest BCUT2D eigenvalue weighted by Gasteiger charge is 2.14. The zero-order chi connectivity index (χ0) is 13.3. The van der Waals surface area contributed by atoms with Gasteiger partial charge in [-0.05, 0) is 62.2 Å². The molecule has 1 atom stereocenters. The minimum Gasteiger partial charge on any atom is -0.331 e. The SMILES string of the molecule is CSCCC(C)n1c(=S)[nH]c2ccc(Cl)c(C)c21. The number of imidazole rings is 1. The smallest absolute Gasteiger partial charge is 0.178 e. The molecule has 0 amide bonds. The van der Waals surface area contributed by atoms with Crippen LogP contribution in [0.25, 0.3) is 11.0 Å². The Morgan fingerprint density at radius 1 is 1.50 bits per heavy atom. The lowest BCUT2D eigenvalue weighted by molar-refractivity contribution is 0.542. The van der Waals surface area contributed by atoms with E-state index in [2.05, 4.69) is 22.7 Å². The first-order chi connectivity index (χ1) is 8.56. The van der Waals surface area contributed by atoms with Gasteiger partial charge in [-0.2, -0.15) is 11.8 Å². The van der Waals surface area contributed by atoms with E-state index in [4.69, 9.17) is 23.8 Å². The van der Waals surface area contributed by atoms with Crippen molar-refractivity contribution in [2.75, 3.05) is 12.0 Å². The van der Waals surface area contributed by atoms with E-state index in [0.29, 0.717) is 6.04 Å². The van der Waals surface area contributed by atoms with Gasteiger partial charge < -0.3 is 9.55 Å². The predicted octanol–water partition coefficient (Wildman–Crippen LogP) is 4.97. The largest absolute Gasteiger partial charge is 0.331 e. The van der Waals surface area contributed by atoms with Gasteiger partial charge in [-0.25, -0.2) is 0 Å². The van der Waals surface area contributed by atoms with Gasteiger partial charge in [0.05, 0.1) is 11.0 Å². The number of thioether (sulfide) groups is 1. The van der Waals surface area contributed by atoms with Crippen molar-refractivity contribution in [3.05, 3.63) is 27.5 Å². The minimum atomic E-state index is 0.385. The zero-order valence-electron chi connectivity index (χ0n) is 10.8. The Bertz CT molecular complexity index is 615. The van der Waals surface area contributed by atoms with Gasteiger partial charge in [-0.3, -0.25) is 0 Å². The quantitative estimate of drug-likeness (QED) is 0.804. The third-order valence-electron chi connectivity index (χ3n) is 3.25. The van der Waals surface area contributed by atoms with Gasteiger partial charge in [-0.15, -0.1) is 0 Å². The number of benzene rings is 1. The molecule has 1 aromatic heterocycles. The number of fused-ring (bicyclic) bond motifs is 1. The number of hydrogen-bond donors (Lipinski definition) is 1. The molecule has 0 bridgehead atoms. The highest BCUT2D eigenvalue weighted by molar-refractivity contribution is 7.98. The Morgan fingerprint density at radius 3 is 2.89 bits per heavy atom. The number of hydrogen-bond acceptors (Lipinski definition) is 2. The second-order valence-corrected chi connectivity index (χ2v) is 6.28. The number of halogens is 1. The summed E-state index contributed by atoms with van der Waals surface area (Å²) < 4.78 is 2.98. The van der Waals surface area contributed by atoms with E-state index < -0.39 is 0 Å². The second kappa shape index (κ2) is 5.68. The molecule has 2 aromatic rings. The van der Waals surface area contributed by atoms with Gasteiger partial charge in [-0.1, -0.05) is 11.6 Å². The molecule has 18 heavy (non-hydrogen) atoms. The summed E-state index contributed by atoms with van der Waals surface area (Å²) in [6.07, 6.45) is 3.23. The molecular weight excluding hydrogens is 284 g/mol. The van der Waals surface area contributed by atoms with Crippen molar-refractivity contribution >= 4 is 46.6 Å². The summed E-state index contributed by atoms with van der Waals surface area (Å²) in [7, 11) is 0. The van der Waals surface area contributed by atoms with Crippen molar-refractivity contribution in [1.29, 1.82) is 0 Å². The van der Waals surface area contributed by atoms with Crippen LogP contribution in [0.1, 0.15) is 24.9 Å². The first kappa shape index (κ1) is 14.0. The lowest BCUT2D eigenvalue weighted by Gasteiger charge is -2.15. The Balaban J connectivity index is 2.59. The van der Waals surface area contributed by atoms with Crippen LogP contribution in [0.4, 0.5) is 0 Å². The summed E-state index contributed by atoms with van der Waals surface area (Å²) in [5.74, 6) is 1.13. The molecule has 1 aromatic carbocycles. The van der Waals surface area contributed by atoms with E-state index in [1.807, 2.05) is 30.8 Å². The van der Waals surface area contributed by atoms with Crippen LogP contribution in [-0.2, 0) is 0 Å². The van der Waals surface area contributed by atoms with Crippen molar-refractivity contribution in [2.45, 2.75) is 26.3 Å². The molecule has 0 saturated heterocycles. The molecule has 1 unspecified atom stereocenters. The molecule has 0 saturated carbocycles. The topological polar surface area (TPSA) is 20.7 Å². The van der Waals surface area contributed by atoms with E-state index in [9.17, 15) is 0 Å². The summed E-state index contributed by atoms with van der Waals surface area (Å²) in [6.45, 7) is 4.25. The van der Waals surface area contributed by atoms with Crippen LogP contribution in [-0.4, -0.2) is 21.6 Å². The second-order valence-electron chi connectivity index (χ2n) is 4.50. The number of rotatable bonds is 4. The molecular formula is C13H17ClN2S2. The van der Waals surface area contributed by atoms with Crippen LogP contribution in [0, 0.1) is 11.7 Å². The Hall–Kier alpha value is -0.450. The lowest BCUT2D eigenvalue weighted by atomic mass is 10.2. The molecule has 2 nitrogen and oxygen atoms in total. The van der Waals surface area contributed by atoms with Gasteiger partial charge in [0.1, 0.15) is 0 Å². The predicted molar refractivity (Wildman–Crippen MR) is 84.6 cm³/mol. The third-order valence-corrected chi connectivity index (χ3v) is 4.60. The molecule has 5 heteroatoms. The van der Waals surface area contributed by atoms with Crippen molar-refractivity contribution in [2.24, 2.45) is 0 Å². The molecule has 1 N–H and O–H groups in total. The molecule has 1 heterocycles. The summed E-state index contributed by atoms with van der Waals surface area (Å²) in [6, 6.07) is 4.30. The number of H-pyrrole nitrogens is 1. The fourth-order valence-electron chi connectivity index (χ4n) is 2.20. The number of aryl methyl sites for hydroxylation is 1. The minimum absolute atomic E-state index is 0.385. The van der Waals surface area contributed by atoms with E-state index in [-0.39, 0.29) is 0 Å². The fourth-order valence-corrected chi connectivity index (χ4v) is 3.31. The van der Waals surface area contributed by atoms with Crippen LogP contribution in [0.15, 0.2) is 12.1 Å². The van der Waals surface area contributed by atoms with Gasteiger partial charge in [0.25, 0.3) is 0 Å². The summed E-state index contributed by atoms with van der Waals surface area (Å²) in [5.41, 5.74) is 3.30. The molecule has 0 radical (unpaired) electrons. The normalized spacial score (nSPS) is 13.1. The first-order valence-electron chi connectivity index (χ1n) is 5.94. The monoisotopic (exact) mass is 300 g/mol. The molecule has 0 aliphatic heterocycles. The number of aromatic nitrogens is 2. The summed E-state index contributed by atoms with van der Waals surface area (Å²) in [5, 5.41) is 0.794. The number of nitrogens with one attached hydrogen (secondary N) is 1. The van der Waals surface area contributed by atoms with Gasteiger partial charge >= 0.3 is 0 Å². The van der Waals surface area contributed by atoms with Crippen LogP contribution in [0.3, 0.4) is 0 Å². The van der Waals surface area contributed by atoms with Gasteiger partial charge in [0.2, 0.25) is 0 Å². The Kier molecular flexibility index (Phi) is 4.41. The third kappa shape index (κ3) is 2.46. The number of nitrogens with zero attached hydrogens (tertiary/aromatic N) is 1. The van der Waals surface area contributed by atoms with Crippen LogP contribution < -0.4 is 0 Å². The van der Waals surface area contributed by atoms with E-state index in [0.717, 1.165) is 38.6 Å². The highest BCUT2D eigenvalue weighted by Crippen LogP contribution is 2.28. The van der Waals surface area contributed by atoms with Crippen molar-refractivity contribution in [1.82, 2.24) is 9.55 Å². The summed E-state index contributed by atoms with van der Waals surface area (Å²) in [4.78, 5) is 3.26. The van der Waals surface area contributed by atoms with Gasteiger partial charge in [0, 0.05) is 11.1 Å². The maximum Gasteiger partial charge on any atom is 0.178 e. The van der Waals surface area contributed by atoms with Crippen molar-refractivity contribution in [3.63, 3.8) is 0 Å². The molecule has 98 valence electrons. The maximum absolute atomic E-state index is 6.21. The molecule has 0 aliphatic carbocycles. The zero-order valence-corrected chi connectivity index (χ0v) is 13.2. The summed E-state index contributed by atoms with van der Waals surface area (Å²) >= 11 is 13.5. The average Bonchev–Trinajstić information content (AvgIpc) is 2.68. The average molecular weight is 301 g/mol. The molecule has 0 fully saturated rings. The Labute approximate surface area is 122 Å². The fraction of sp³-hybridized carbons (Fsp3) is 0.462.